The molecule has 0 unspecified atom stereocenters. The molecule has 0 saturated carbocycles. The molecule has 2 aromatic heterocycles. The highest BCUT2D eigenvalue weighted by Crippen LogP contribution is 2.25. The van der Waals surface area contributed by atoms with Crippen molar-refractivity contribution in [2.75, 3.05) is 13.2 Å². The summed E-state index contributed by atoms with van der Waals surface area (Å²) in [5.41, 5.74) is 2.30. The van der Waals surface area contributed by atoms with Crippen LogP contribution in [0.5, 0.6) is 0 Å². The molecule has 2 atom stereocenters. The second-order valence-electron chi connectivity index (χ2n) is 5.80. The number of ether oxygens (including phenoxy) is 1. The molecule has 122 valence electrons. The number of likely N-dealkylation sites (tertiary alicyclic amines) is 1. The summed E-state index contributed by atoms with van der Waals surface area (Å²) in [6, 6.07) is 6.17. The Kier molecular flexibility index (Phi) is 5.41. The first kappa shape index (κ1) is 16.1. The largest absolute Gasteiger partial charge is 0.376 e. The maximum Gasteiger partial charge on any atom is 0.227 e. The van der Waals surface area contributed by atoms with Crippen LogP contribution in [0, 0.1) is 0 Å². The van der Waals surface area contributed by atoms with Gasteiger partial charge in [-0.3, -0.25) is 9.78 Å². The van der Waals surface area contributed by atoms with Crippen molar-refractivity contribution in [2.24, 2.45) is 0 Å². The summed E-state index contributed by atoms with van der Waals surface area (Å²) in [5.74, 6) is 0.199. The SMILES string of the molecule is CCO[C@H]1CCN(C(=O)Cc2ccsc2)[C@H]1Cc1ccncc1. The number of hydrogen-bond donors (Lipinski definition) is 0. The molecule has 2 aromatic rings. The lowest BCUT2D eigenvalue weighted by atomic mass is 10.0. The first-order chi connectivity index (χ1) is 11.3. The molecule has 0 aliphatic carbocycles. The fourth-order valence-electron chi connectivity index (χ4n) is 3.21. The Labute approximate surface area is 141 Å². The fourth-order valence-corrected chi connectivity index (χ4v) is 3.88. The molecule has 3 heterocycles. The van der Waals surface area contributed by atoms with Crippen LogP contribution in [0.3, 0.4) is 0 Å². The molecule has 0 bridgehead atoms. The van der Waals surface area contributed by atoms with Crippen molar-refractivity contribution in [1.82, 2.24) is 9.88 Å². The van der Waals surface area contributed by atoms with Gasteiger partial charge >= 0.3 is 0 Å². The summed E-state index contributed by atoms with van der Waals surface area (Å²) in [4.78, 5) is 18.8. The number of aromatic nitrogens is 1. The summed E-state index contributed by atoms with van der Waals surface area (Å²) in [6.45, 7) is 3.48. The van der Waals surface area contributed by atoms with Gasteiger partial charge in [0.25, 0.3) is 0 Å². The molecule has 3 rings (SSSR count). The van der Waals surface area contributed by atoms with E-state index in [0.29, 0.717) is 13.0 Å². The van der Waals surface area contributed by atoms with Gasteiger partial charge in [0.15, 0.2) is 0 Å². The van der Waals surface area contributed by atoms with E-state index < -0.39 is 0 Å². The molecule has 5 heteroatoms. The zero-order valence-corrected chi connectivity index (χ0v) is 14.2. The van der Waals surface area contributed by atoms with Gasteiger partial charge in [-0.05, 0) is 59.9 Å². The van der Waals surface area contributed by atoms with E-state index in [1.54, 1.807) is 23.7 Å². The zero-order chi connectivity index (χ0) is 16.1. The Morgan fingerprint density at radius 1 is 1.35 bits per heavy atom. The van der Waals surface area contributed by atoms with Crippen LogP contribution < -0.4 is 0 Å². The fraction of sp³-hybridized carbons (Fsp3) is 0.444. The third-order valence-corrected chi connectivity index (χ3v) is 5.05. The lowest BCUT2D eigenvalue weighted by molar-refractivity contribution is -0.132. The van der Waals surface area contributed by atoms with Gasteiger partial charge in [-0.25, -0.2) is 0 Å². The maximum atomic E-state index is 12.7. The zero-order valence-electron chi connectivity index (χ0n) is 13.4. The molecule has 1 amide bonds. The number of nitrogens with zero attached hydrogens (tertiary/aromatic N) is 2. The lowest BCUT2D eigenvalue weighted by Crippen LogP contribution is -2.42. The van der Waals surface area contributed by atoms with E-state index in [2.05, 4.69) is 4.98 Å². The van der Waals surface area contributed by atoms with E-state index in [4.69, 9.17) is 4.74 Å². The number of carbonyl (C=O) groups is 1. The minimum Gasteiger partial charge on any atom is -0.376 e. The number of amides is 1. The van der Waals surface area contributed by atoms with Crippen molar-refractivity contribution in [3.63, 3.8) is 0 Å². The summed E-state index contributed by atoms with van der Waals surface area (Å²) in [7, 11) is 0. The van der Waals surface area contributed by atoms with Crippen LogP contribution in [-0.4, -0.2) is 41.1 Å². The molecular formula is C18H22N2O2S. The van der Waals surface area contributed by atoms with Crippen LogP contribution >= 0.6 is 11.3 Å². The maximum absolute atomic E-state index is 12.7. The van der Waals surface area contributed by atoms with Crippen LogP contribution in [0.1, 0.15) is 24.5 Å². The molecule has 4 nitrogen and oxygen atoms in total. The Hall–Kier alpha value is -1.72. The standard InChI is InChI=1S/C18H22N2O2S/c1-2-22-17-5-9-20(18(21)12-15-6-10-23-13-15)16(17)11-14-3-7-19-8-4-14/h3-4,6-8,10,13,16-17H,2,5,9,11-12H2,1H3/t16-,17-/m0/s1. The van der Waals surface area contributed by atoms with E-state index in [1.807, 2.05) is 40.8 Å². The number of hydrogen-bond acceptors (Lipinski definition) is 4. The molecule has 1 aliphatic heterocycles. The molecule has 0 spiro atoms. The van der Waals surface area contributed by atoms with Crippen LogP contribution in [0.25, 0.3) is 0 Å². The van der Waals surface area contributed by atoms with E-state index in [0.717, 1.165) is 24.9 Å². The highest BCUT2D eigenvalue weighted by Gasteiger charge is 2.37. The van der Waals surface area contributed by atoms with Gasteiger partial charge in [0.2, 0.25) is 5.91 Å². The van der Waals surface area contributed by atoms with E-state index >= 15 is 0 Å². The van der Waals surface area contributed by atoms with Crippen molar-refractivity contribution in [3.05, 3.63) is 52.5 Å². The van der Waals surface area contributed by atoms with Gasteiger partial charge < -0.3 is 9.64 Å². The molecule has 23 heavy (non-hydrogen) atoms. The number of pyridine rings is 1. The van der Waals surface area contributed by atoms with Gasteiger partial charge in [0, 0.05) is 25.5 Å². The Morgan fingerprint density at radius 2 is 2.17 bits per heavy atom. The van der Waals surface area contributed by atoms with Crippen LogP contribution in [0.15, 0.2) is 41.4 Å². The molecule has 0 radical (unpaired) electrons. The smallest absolute Gasteiger partial charge is 0.227 e. The summed E-state index contributed by atoms with van der Waals surface area (Å²) in [6.07, 6.45) is 5.95. The van der Waals surface area contributed by atoms with Gasteiger partial charge in [-0.15, -0.1) is 0 Å². The summed E-state index contributed by atoms with van der Waals surface area (Å²) in [5, 5.41) is 4.07. The number of carbonyl (C=O) groups excluding carboxylic acids is 1. The van der Waals surface area contributed by atoms with Gasteiger partial charge in [0.05, 0.1) is 18.6 Å². The molecule has 1 saturated heterocycles. The Bertz CT molecular complexity index is 615. The molecule has 1 aliphatic rings. The predicted molar refractivity (Wildman–Crippen MR) is 91.5 cm³/mol. The molecule has 0 N–H and O–H groups in total. The first-order valence-electron chi connectivity index (χ1n) is 8.09. The number of thiophene rings is 1. The van der Waals surface area contributed by atoms with Crippen molar-refractivity contribution in [1.29, 1.82) is 0 Å². The quantitative estimate of drug-likeness (QED) is 0.818. The average molecular weight is 330 g/mol. The lowest BCUT2D eigenvalue weighted by Gasteiger charge is -2.28. The minimum atomic E-state index is 0.114. The summed E-state index contributed by atoms with van der Waals surface area (Å²) >= 11 is 1.63. The van der Waals surface area contributed by atoms with Gasteiger partial charge in [-0.1, -0.05) is 0 Å². The Morgan fingerprint density at radius 3 is 2.87 bits per heavy atom. The van der Waals surface area contributed by atoms with E-state index in [-0.39, 0.29) is 18.1 Å². The van der Waals surface area contributed by atoms with Gasteiger partial charge in [0.1, 0.15) is 0 Å². The molecular weight excluding hydrogens is 308 g/mol. The van der Waals surface area contributed by atoms with E-state index in [1.165, 1.54) is 5.56 Å². The number of rotatable bonds is 6. The third-order valence-electron chi connectivity index (χ3n) is 4.31. The topological polar surface area (TPSA) is 42.4 Å². The van der Waals surface area contributed by atoms with Crippen LogP contribution in [-0.2, 0) is 22.4 Å². The second-order valence-corrected chi connectivity index (χ2v) is 6.58. The van der Waals surface area contributed by atoms with Crippen molar-refractivity contribution in [3.8, 4) is 0 Å². The highest BCUT2D eigenvalue weighted by atomic mass is 32.1. The normalized spacial score (nSPS) is 20.8. The van der Waals surface area contributed by atoms with Gasteiger partial charge in [-0.2, -0.15) is 11.3 Å². The average Bonchev–Trinajstić information content (AvgIpc) is 3.19. The van der Waals surface area contributed by atoms with Crippen molar-refractivity contribution in [2.45, 2.75) is 38.3 Å². The molecule has 0 aromatic carbocycles. The predicted octanol–water partition coefficient (Wildman–Crippen LogP) is 2.93. The monoisotopic (exact) mass is 330 g/mol. The Balaban J connectivity index is 1.73. The molecule has 1 fully saturated rings. The van der Waals surface area contributed by atoms with Crippen LogP contribution in [0.2, 0.25) is 0 Å². The summed E-state index contributed by atoms with van der Waals surface area (Å²) < 4.78 is 5.90. The van der Waals surface area contributed by atoms with Crippen LogP contribution in [0.4, 0.5) is 0 Å². The van der Waals surface area contributed by atoms with Crippen molar-refractivity contribution < 1.29 is 9.53 Å². The second kappa shape index (κ2) is 7.70. The third kappa shape index (κ3) is 3.98. The first-order valence-corrected chi connectivity index (χ1v) is 9.03. The minimum absolute atomic E-state index is 0.114. The van der Waals surface area contributed by atoms with E-state index in [9.17, 15) is 4.79 Å². The highest BCUT2D eigenvalue weighted by molar-refractivity contribution is 7.07. The van der Waals surface area contributed by atoms with Crippen molar-refractivity contribution >= 4 is 17.2 Å².